The highest BCUT2D eigenvalue weighted by Gasteiger charge is 2.08. The first-order valence-electron chi connectivity index (χ1n) is 7.98. The van der Waals surface area contributed by atoms with Crippen molar-refractivity contribution in [1.82, 2.24) is 4.98 Å². The minimum absolute atomic E-state index is 0. The van der Waals surface area contributed by atoms with Gasteiger partial charge < -0.3 is 24.9 Å². The number of nitrogens with zero attached hydrogens (tertiary/aromatic N) is 2. The number of ether oxygens (including phenoxy) is 2. The summed E-state index contributed by atoms with van der Waals surface area (Å²) < 4.78 is 16.2. The lowest BCUT2D eigenvalue weighted by molar-refractivity contribution is 0.405. The molecule has 3 aromatic rings. The van der Waals surface area contributed by atoms with Gasteiger partial charge in [0.2, 0.25) is 5.89 Å². The number of rotatable bonds is 6. The van der Waals surface area contributed by atoms with Gasteiger partial charge in [0.15, 0.2) is 11.7 Å². The van der Waals surface area contributed by atoms with Gasteiger partial charge in [-0.05, 0) is 12.1 Å². The van der Waals surface area contributed by atoms with Crippen LogP contribution in [0.2, 0.25) is 0 Å². The predicted octanol–water partition coefficient (Wildman–Crippen LogP) is 3.90. The van der Waals surface area contributed by atoms with Gasteiger partial charge in [-0.15, -0.1) is 24.0 Å². The van der Waals surface area contributed by atoms with Crippen LogP contribution in [-0.4, -0.2) is 25.2 Å². The molecule has 0 aliphatic heterocycles. The Bertz CT molecular complexity index is 897. The summed E-state index contributed by atoms with van der Waals surface area (Å²) in [6.45, 7) is 0.220. The van der Waals surface area contributed by atoms with Crippen LogP contribution in [0, 0.1) is 0 Å². The van der Waals surface area contributed by atoms with Crippen LogP contribution in [0.3, 0.4) is 0 Å². The minimum atomic E-state index is 0. The number of benzene rings is 2. The monoisotopic (exact) mass is 480 g/mol. The Kier molecular flexibility index (Phi) is 7.47. The van der Waals surface area contributed by atoms with Gasteiger partial charge in [0.25, 0.3) is 0 Å². The molecule has 2 aromatic carbocycles. The van der Waals surface area contributed by atoms with E-state index in [0.29, 0.717) is 28.8 Å². The number of nitrogens with two attached hydrogens (primary N) is 1. The number of hydrogen-bond donors (Lipinski definition) is 2. The molecule has 7 nitrogen and oxygen atoms in total. The summed E-state index contributed by atoms with van der Waals surface area (Å²) in [4.78, 5) is 8.49. The number of nitrogens with one attached hydrogen (secondary N) is 1. The molecule has 0 radical (unpaired) electrons. The summed E-state index contributed by atoms with van der Waals surface area (Å²) in [5, 5.41) is 3.00. The lowest BCUT2D eigenvalue weighted by Crippen LogP contribution is -2.23. The van der Waals surface area contributed by atoms with Gasteiger partial charge in [-0.3, -0.25) is 0 Å². The lowest BCUT2D eigenvalue weighted by Gasteiger charge is -2.11. The van der Waals surface area contributed by atoms with Crippen molar-refractivity contribution in [3.8, 4) is 22.8 Å². The number of oxazole rings is 1. The molecule has 0 saturated carbocycles. The smallest absolute Gasteiger partial charge is 0.216 e. The van der Waals surface area contributed by atoms with Gasteiger partial charge in [-0.2, -0.15) is 0 Å². The van der Waals surface area contributed by atoms with Gasteiger partial charge >= 0.3 is 0 Å². The molecule has 0 aliphatic rings. The normalized spacial score (nSPS) is 10.8. The van der Waals surface area contributed by atoms with Crippen molar-refractivity contribution in [3.05, 3.63) is 60.6 Å². The third-order valence-corrected chi connectivity index (χ3v) is 3.67. The van der Waals surface area contributed by atoms with E-state index in [1.54, 1.807) is 38.6 Å². The molecule has 8 heteroatoms. The van der Waals surface area contributed by atoms with Gasteiger partial charge in [0.05, 0.1) is 26.1 Å². The third kappa shape index (κ3) is 5.36. The zero-order valence-electron chi connectivity index (χ0n) is 15.0. The fourth-order valence-corrected chi connectivity index (χ4v) is 2.36. The average Bonchev–Trinajstić information content (AvgIpc) is 3.16. The summed E-state index contributed by atoms with van der Waals surface area (Å²) in [6.07, 6.45) is 1.68. The molecule has 0 spiro atoms. The fourth-order valence-electron chi connectivity index (χ4n) is 2.36. The maximum Gasteiger partial charge on any atom is 0.216 e. The summed E-state index contributed by atoms with van der Waals surface area (Å²) >= 11 is 0. The Hall–Kier alpha value is -2.75. The van der Waals surface area contributed by atoms with E-state index < -0.39 is 0 Å². The van der Waals surface area contributed by atoms with E-state index >= 15 is 0 Å². The molecule has 0 atom stereocenters. The number of hydrogen-bond acceptors (Lipinski definition) is 5. The fraction of sp³-hybridized carbons (Fsp3) is 0.158. The number of halogens is 1. The predicted molar refractivity (Wildman–Crippen MR) is 116 cm³/mol. The van der Waals surface area contributed by atoms with Crippen LogP contribution in [0.4, 0.5) is 5.69 Å². The molecule has 3 rings (SSSR count). The first-order valence-corrected chi connectivity index (χ1v) is 7.98. The van der Waals surface area contributed by atoms with E-state index in [-0.39, 0.29) is 36.5 Å². The maximum atomic E-state index is 5.96. The number of anilines is 1. The van der Waals surface area contributed by atoms with Crippen molar-refractivity contribution in [3.63, 3.8) is 0 Å². The van der Waals surface area contributed by atoms with Gasteiger partial charge in [0.1, 0.15) is 18.0 Å². The first-order chi connectivity index (χ1) is 12.7. The second kappa shape index (κ2) is 9.81. The molecule has 0 bridgehead atoms. The zero-order chi connectivity index (χ0) is 18.4. The third-order valence-electron chi connectivity index (χ3n) is 3.67. The number of aromatic nitrogens is 1. The molecule has 0 unspecified atom stereocenters. The molecule has 1 aromatic heterocycles. The van der Waals surface area contributed by atoms with Crippen molar-refractivity contribution in [2.45, 2.75) is 6.54 Å². The first kappa shape index (κ1) is 20.6. The Labute approximate surface area is 174 Å². The quantitative estimate of drug-likeness (QED) is 0.316. The van der Waals surface area contributed by atoms with E-state index in [4.69, 9.17) is 19.6 Å². The highest BCUT2D eigenvalue weighted by Crippen LogP contribution is 2.28. The van der Waals surface area contributed by atoms with Gasteiger partial charge in [-0.25, -0.2) is 9.98 Å². The van der Waals surface area contributed by atoms with Crippen LogP contribution in [0.1, 0.15) is 5.89 Å². The zero-order valence-corrected chi connectivity index (χ0v) is 17.3. The summed E-state index contributed by atoms with van der Waals surface area (Å²) in [6, 6.07) is 15.1. The topological polar surface area (TPSA) is 94.9 Å². The highest BCUT2D eigenvalue weighted by atomic mass is 127. The summed E-state index contributed by atoms with van der Waals surface area (Å²) in [5.74, 6) is 2.70. The van der Waals surface area contributed by atoms with E-state index in [1.807, 2.05) is 30.3 Å². The van der Waals surface area contributed by atoms with Crippen molar-refractivity contribution < 1.29 is 13.9 Å². The van der Waals surface area contributed by atoms with Crippen LogP contribution >= 0.6 is 24.0 Å². The molecular formula is C19H21IN4O3. The molecule has 27 heavy (non-hydrogen) atoms. The van der Waals surface area contributed by atoms with Crippen LogP contribution in [0.5, 0.6) is 11.5 Å². The van der Waals surface area contributed by atoms with Gasteiger partial charge in [-0.1, -0.05) is 30.3 Å². The average molecular weight is 480 g/mol. The largest absolute Gasteiger partial charge is 0.497 e. The number of methoxy groups -OCH3 is 2. The van der Waals surface area contributed by atoms with Crippen LogP contribution in [0.25, 0.3) is 11.3 Å². The SMILES string of the molecule is COc1ccc(OC)c(NC(N)=NCc2ncc(-c3ccccc3)o2)c1.I. The standard InChI is InChI=1S/C19H20N4O3.HI/c1-24-14-8-9-16(25-2)15(10-14)23-19(20)22-12-18-21-11-17(26-18)13-6-4-3-5-7-13;/h3-11H,12H2,1-2H3,(H3,20,22,23);1H. The molecule has 0 saturated heterocycles. The van der Waals surface area contributed by atoms with Crippen molar-refractivity contribution in [1.29, 1.82) is 0 Å². The Balaban J connectivity index is 0.00000261. The second-order valence-electron chi connectivity index (χ2n) is 5.38. The summed E-state index contributed by atoms with van der Waals surface area (Å²) in [7, 11) is 3.17. The van der Waals surface area contributed by atoms with Crippen LogP contribution < -0.4 is 20.5 Å². The Morgan fingerprint density at radius 2 is 1.93 bits per heavy atom. The van der Waals surface area contributed by atoms with Crippen molar-refractivity contribution in [2.75, 3.05) is 19.5 Å². The van der Waals surface area contributed by atoms with Crippen molar-refractivity contribution in [2.24, 2.45) is 10.7 Å². The Morgan fingerprint density at radius 1 is 1.15 bits per heavy atom. The molecule has 142 valence electrons. The lowest BCUT2D eigenvalue weighted by atomic mass is 10.2. The molecular weight excluding hydrogens is 459 g/mol. The minimum Gasteiger partial charge on any atom is -0.497 e. The van der Waals surface area contributed by atoms with E-state index in [9.17, 15) is 0 Å². The second-order valence-corrected chi connectivity index (χ2v) is 5.38. The van der Waals surface area contributed by atoms with Crippen LogP contribution in [-0.2, 0) is 6.54 Å². The maximum absolute atomic E-state index is 5.96. The molecule has 0 amide bonds. The van der Waals surface area contributed by atoms with Crippen LogP contribution in [0.15, 0.2) is 64.1 Å². The van der Waals surface area contributed by atoms with Gasteiger partial charge in [0, 0.05) is 11.6 Å². The van der Waals surface area contributed by atoms with E-state index in [1.165, 1.54) is 0 Å². The molecule has 0 aliphatic carbocycles. The molecule has 1 heterocycles. The highest BCUT2D eigenvalue weighted by molar-refractivity contribution is 14.0. The Morgan fingerprint density at radius 3 is 2.63 bits per heavy atom. The number of guanidine groups is 1. The molecule has 3 N–H and O–H groups in total. The van der Waals surface area contributed by atoms with Crippen molar-refractivity contribution >= 4 is 35.6 Å². The summed E-state index contributed by atoms with van der Waals surface area (Å²) in [5.41, 5.74) is 7.58. The number of aliphatic imine (C=N–C) groups is 1. The van der Waals surface area contributed by atoms with E-state index in [2.05, 4.69) is 15.3 Å². The molecule has 0 fully saturated rings. The van der Waals surface area contributed by atoms with E-state index in [0.717, 1.165) is 5.56 Å².